The highest BCUT2D eigenvalue weighted by molar-refractivity contribution is 8.13. The van der Waals surface area contributed by atoms with Gasteiger partial charge >= 0.3 is 11.9 Å². The van der Waals surface area contributed by atoms with Crippen molar-refractivity contribution in [3.8, 4) is 0 Å². The minimum atomic E-state index is -0.515. The van der Waals surface area contributed by atoms with Gasteiger partial charge in [0.2, 0.25) is 0 Å². The van der Waals surface area contributed by atoms with E-state index >= 15 is 0 Å². The number of hydrogen-bond donors (Lipinski definition) is 0. The van der Waals surface area contributed by atoms with Gasteiger partial charge in [0, 0.05) is 12.3 Å². The molecule has 0 aliphatic carbocycles. The van der Waals surface area contributed by atoms with E-state index in [0.717, 1.165) is 69.7 Å². The number of amides is 1. The van der Waals surface area contributed by atoms with Crippen molar-refractivity contribution in [3.05, 3.63) is 12.2 Å². The van der Waals surface area contributed by atoms with Gasteiger partial charge in [-0.1, -0.05) is 115 Å². The van der Waals surface area contributed by atoms with Gasteiger partial charge in [-0.3, -0.25) is 14.4 Å². The number of unbranched alkanes of at least 4 members (excludes halogenated alkanes) is 12. The Balaban J connectivity index is 5.00. The normalized spacial score (nSPS) is 11.5. The van der Waals surface area contributed by atoms with Crippen LogP contribution in [0, 0.1) is 0 Å². The molecule has 0 aromatic rings. The number of rotatable bonds is 27. The summed E-state index contributed by atoms with van der Waals surface area (Å²) in [6, 6.07) is 0. The van der Waals surface area contributed by atoms with Crippen molar-refractivity contribution >= 4 is 28.9 Å². The van der Waals surface area contributed by atoms with E-state index < -0.39 is 11.9 Å². The minimum Gasteiger partial charge on any atom is -0.461 e. The van der Waals surface area contributed by atoms with Crippen LogP contribution in [0.5, 0.6) is 0 Å². The minimum absolute atomic E-state index is 0.140. The van der Waals surface area contributed by atoms with E-state index in [1.165, 1.54) is 62.7 Å². The molecule has 0 atom stereocenters. The standard InChI is InChI=1S/C33H62N2O5S/c1-6-9-12-15-16-19-22-26-39-31(36)28-35(33(38)41-27-25-34(4)5)29-32(37)40-30(23-20-17-13-10-7-2)24-21-18-14-11-8-3/h19,22,30H,6-18,20-21,23-29H2,1-5H3/b22-19-. The van der Waals surface area contributed by atoms with Crippen LogP contribution in [-0.2, 0) is 19.1 Å². The second-order valence-electron chi connectivity index (χ2n) is 11.3. The van der Waals surface area contributed by atoms with E-state index in [2.05, 4.69) is 20.8 Å². The van der Waals surface area contributed by atoms with Crippen LogP contribution in [-0.4, -0.2) is 79.2 Å². The molecule has 0 spiro atoms. The third-order valence-corrected chi connectivity index (χ3v) is 7.84. The Labute approximate surface area is 256 Å². The number of thioether (sulfide) groups is 1. The maximum absolute atomic E-state index is 13.0. The second kappa shape index (κ2) is 28.6. The summed E-state index contributed by atoms with van der Waals surface area (Å²) >= 11 is 1.12. The summed E-state index contributed by atoms with van der Waals surface area (Å²) in [6.07, 6.45) is 22.8. The molecular weight excluding hydrogens is 536 g/mol. The number of ether oxygens (including phenoxy) is 2. The number of carbonyl (C=O) groups excluding carboxylic acids is 3. The molecule has 0 unspecified atom stereocenters. The van der Waals surface area contributed by atoms with E-state index in [0.29, 0.717) is 5.75 Å². The zero-order valence-electron chi connectivity index (χ0n) is 27.1. The Kier molecular flexibility index (Phi) is 27.5. The first-order chi connectivity index (χ1) is 19.8. The van der Waals surface area contributed by atoms with Gasteiger partial charge in [-0.05, 0) is 52.6 Å². The highest BCUT2D eigenvalue weighted by Crippen LogP contribution is 2.17. The molecule has 41 heavy (non-hydrogen) atoms. The van der Waals surface area contributed by atoms with Crippen LogP contribution in [0.4, 0.5) is 4.79 Å². The smallest absolute Gasteiger partial charge is 0.326 e. The first-order valence-electron chi connectivity index (χ1n) is 16.4. The van der Waals surface area contributed by atoms with Crippen LogP contribution in [0.2, 0.25) is 0 Å². The number of esters is 2. The van der Waals surface area contributed by atoms with Crippen molar-refractivity contribution in [1.82, 2.24) is 9.80 Å². The van der Waals surface area contributed by atoms with E-state index in [-0.39, 0.29) is 31.0 Å². The molecule has 0 N–H and O–H groups in total. The van der Waals surface area contributed by atoms with Crippen LogP contribution >= 0.6 is 11.8 Å². The quantitative estimate of drug-likeness (QED) is 0.0534. The van der Waals surface area contributed by atoms with E-state index in [1.807, 2.05) is 31.1 Å². The van der Waals surface area contributed by atoms with Gasteiger partial charge in [0.15, 0.2) is 0 Å². The summed E-state index contributed by atoms with van der Waals surface area (Å²) in [5.74, 6) is -0.387. The number of carbonyl (C=O) groups is 3. The first-order valence-corrected chi connectivity index (χ1v) is 17.4. The van der Waals surface area contributed by atoms with Gasteiger partial charge in [-0.2, -0.15) is 0 Å². The molecule has 1 amide bonds. The van der Waals surface area contributed by atoms with Crippen molar-refractivity contribution in [2.45, 2.75) is 136 Å². The molecular formula is C33H62N2O5S. The molecule has 0 rings (SSSR count). The molecule has 0 saturated carbocycles. The molecule has 0 aromatic heterocycles. The van der Waals surface area contributed by atoms with Crippen molar-refractivity contribution in [1.29, 1.82) is 0 Å². The predicted molar refractivity (Wildman–Crippen MR) is 173 cm³/mol. The predicted octanol–water partition coefficient (Wildman–Crippen LogP) is 8.41. The lowest BCUT2D eigenvalue weighted by Gasteiger charge is -2.23. The Bertz CT molecular complexity index is 673. The van der Waals surface area contributed by atoms with Crippen LogP contribution < -0.4 is 0 Å². The fourth-order valence-electron chi connectivity index (χ4n) is 4.40. The fourth-order valence-corrected chi connectivity index (χ4v) is 5.34. The molecule has 8 heteroatoms. The maximum atomic E-state index is 13.0. The summed E-state index contributed by atoms with van der Waals surface area (Å²) in [5.41, 5.74) is 0. The number of allylic oxidation sites excluding steroid dienone is 1. The summed E-state index contributed by atoms with van der Waals surface area (Å²) in [4.78, 5) is 41.8. The van der Waals surface area contributed by atoms with Crippen LogP contribution in [0.1, 0.15) is 130 Å². The highest BCUT2D eigenvalue weighted by Gasteiger charge is 2.24. The number of hydrogen-bond acceptors (Lipinski definition) is 7. The Morgan fingerprint density at radius 2 is 1.24 bits per heavy atom. The highest BCUT2D eigenvalue weighted by atomic mass is 32.2. The lowest BCUT2D eigenvalue weighted by Crippen LogP contribution is -2.39. The molecule has 0 heterocycles. The molecule has 240 valence electrons. The molecule has 0 radical (unpaired) electrons. The van der Waals surface area contributed by atoms with Crippen molar-refractivity contribution in [2.75, 3.05) is 46.1 Å². The van der Waals surface area contributed by atoms with Gasteiger partial charge < -0.3 is 19.3 Å². The van der Waals surface area contributed by atoms with E-state index in [1.54, 1.807) is 0 Å². The van der Waals surface area contributed by atoms with Crippen LogP contribution in [0.3, 0.4) is 0 Å². The van der Waals surface area contributed by atoms with E-state index in [9.17, 15) is 14.4 Å². The number of nitrogens with zero attached hydrogens (tertiary/aromatic N) is 2. The third kappa shape index (κ3) is 25.9. The zero-order valence-corrected chi connectivity index (χ0v) is 27.9. The lowest BCUT2D eigenvalue weighted by atomic mass is 10.0. The van der Waals surface area contributed by atoms with Gasteiger partial charge in [-0.25, -0.2) is 0 Å². The SMILES string of the molecule is CCCCCC/C=C\COC(=O)CN(CC(=O)OC(CCCCCCC)CCCCCCC)C(=O)SCCN(C)C. The molecule has 0 saturated heterocycles. The van der Waals surface area contributed by atoms with Gasteiger partial charge in [0.25, 0.3) is 5.24 Å². The van der Waals surface area contributed by atoms with Gasteiger partial charge in [0.05, 0.1) is 0 Å². The molecule has 0 bridgehead atoms. The molecule has 0 fully saturated rings. The van der Waals surface area contributed by atoms with Gasteiger partial charge in [0.1, 0.15) is 25.8 Å². The topological polar surface area (TPSA) is 76.1 Å². The lowest BCUT2D eigenvalue weighted by molar-refractivity contribution is -0.151. The summed E-state index contributed by atoms with van der Waals surface area (Å²) < 4.78 is 11.2. The summed E-state index contributed by atoms with van der Waals surface area (Å²) in [5, 5.41) is -0.303. The average molecular weight is 599 g/mol. The fraction of sp³-hybridized carbons (Fsp3) is 0.848. The average Bonchev–Trinajstić information content (AvgIpc) is 2.93. The molecule has 0 aromatic carbocycles. The molecule has 7 nitrogen and oxygen atoms in total. The summed E-state index contributed by atoms with van der Waals surface area (Å²) in [7, 11) is 3.89. The van der Waals surface area contributed by atoms with Crippen molar-refractivity contribution in [3.63, 3.8) is 0 Å². The largest absolute Gasteiger partial charge is 0.461 e. The van der Waals surface area contributed by atoms with Crippen molar-refractivity contribution in [2.24, 2.45) is 0 Å². The second-order valence-corrected chi connectivity index (χ2v) is 12.3. The Morgan fingerprint density at radius 1 is 0.707 bits per heavy atom. The Hall–Kier alpha value is -1.54. The summed E-state index contributed by atoms with van der Waals surface area (Å²) in [6.45, 7) is 6.99. The monoisotopic (exact) mass is 598 g/mol. The molecule has 0 aliphatic rings. The van der Waals surface area contributed by atoms with Gasteiger partial charge in [-0.15, -0.1) is 0 Å². The first kappa shape index (κ1) is 39.5. The Morgan fingerprint density at radius 3 is 1.80 bits per heavy atom. The van der Waals surface area contributed by atoms with Crippen LogP contribution in [0.15, 0.2) is 12.2 Å². The van der Waals surface area contributed by atoms with Crippen LogP contribution in [0.25, 0.3) is 0 Å². The molecule has 0 aliphatic heterocycles. The zero-order chi connectivity index (χ0) is 30.6. The third-order valence-electron chi connectivity index (χ3n) is 6.95. The maximum Gasteiger partial charge on any atom is 0.326 e. The van der Waals surface area contributed by atoms with Crippen molar-refractivity contribution < 1.29 is 23.9 Å². The van der Waals surface area contributed by atoms with E-state index in [4.69, 9.17) is 9.47 Å².